The Morgan fingerprint density at radius 1 is 1.00 bits per heavy atom. The van der Waals surface area contributed by atoms with E-state index in [1.807, 2.05) is 12.1 Å². The highest BCUT2D eigenvalue weighted by Crippen LogP contribution is 2.32. The van der Waals surface area contributed by atoms with Gasteiger partial charge in [-0.25, -0.2) is 0 Å². The summed E-state index contributed by atoms with van der Waals surface area (Å²) in [4.78, 5) is 0. The molecule has 2 aromatic rings. The Morgan fingerprint density at radius 2 is 1.70 bits per heavy atom. The van der Waals surface area contributed by atoms with Gasteiger partial charge >= 0.3 is 0 Å². The van der Waals surface area contributed by atoms with Crippen LogP contribution in [0.2, 0.25) is 10.0 Å². The van der Waals surface area contributed by atoms with Gasteiger partial charge in [0.25, 0.3) is 0 Å². The summed E-state index contributed by atoms with van der Waals surface area (Å²) in [5, 5.41) is 4.77. The van der Waals surface area contributed by atoms with Crippen molar-refractivity contribution in [1.29, 1.82) is 0 Å². The van der Waals surface area contributed by atoms with E-state index in [1.165, 1.54) is 11.1 Å². The molecule has 0 saturated carbocycles. The minimum Gasteiger partial charge on any atom is -0.310 e. The minimum absolute atomic E-state index is 0.487. The molecule has 20 heavy (non-hydrogen) atoms. The first-order chi connectivity index (χ1) is 9.47. The molecule has 0 spiro atoms. The van der Waals surface area contributed by atoms with Gasteiger partial charge in [0.15, 0.2) is 0 Å². The highest BCUT2D eigenvalue weighted by molar-refractivity contribution is 6.36. The van der Waals surface area contributed by atoms with Crippen LogP contribution < -0.4 is 5.32 Å². The quantitative estimate of drug-likeness (QED) is 0.790. The second-order valence-corrected chi connectivity index (χ2v) is 6.15. The monoisotopic (exact) mass is 307 g/mol. The zero-order valence-corrected chi connectivity index (χ0v) is 13.5. The summed E-state index contributed by atoms with van der Waals surface area (Å²) in [5.74, 6) is 0. The topological polar surface area (TPSA) is 12.0 Å². The van der Waals surface area contributed by atoms with Crippen LogP contribution in [0, 0.1) is 6.92 Å². The van der Waals surface area contributed by atoms with Crippen LogP contribution in [0.4, 0.5) is 0 Å². The third kappa shape index (κ3) is 3.76. The van der Waals surface area contributed by atoms with Crippen LogP contribution >= 0.6 is 23.2 Å². The van der Waals surface area contributed by atoms with Crippen LogP contribution in [0.15, 0.2) is 36.4 Å². The molecule has 0 fully saturated rings. The van der Waals surface area contributed by atoms with Crippen molar-refractivity contribution in [3.05, 3.63) is 57.6 Å². The Labute approximate surface area is 130 Å². The normalized spacial score (nSPS) is 11.1. The Kier molecular flexibility index (Phi) is 5.09. The molecule has 0 aliphatic heterocycles. The zero-order valence-electron chi connectivity index (χ0n) is 12.0. The SMILES string of the molecule is Cc1cc(CNC(C)C)ccc1-c1ccc(Cl)cc1Cl. The van der Waals surface area contributed by atoms with E-state index in [-0.39, 0.29) is 0 Å². The van der Waals surface area contributed by atoms with E-state index in [0.29, 0.717) is 16.1 Å². The lowest BCUT2D eigenvalue weighted by Gasteiger charge is -2.12. The van der Waals surface area contributed by atoms with Gasteiger partial charge in [0, 0.05) is 28.2 Å². The third-order valence-corrected chi connectivity index (χ3v) is 3.77. The van der Waals surface area contributed by atoms with E-state index in [2.05, 4.69) is 44.3 Å². The molecule has 0 saturated heterocycles. The molecular formula is C17H19Cl2N. The molecule has 106 valence electrons. The summed E-state index contributed by atoms with van der Waals surface area (Å²) < 4.78 is 0. The summed E-state index contributed by atoms with van der Waals surface area (Å²) in [5.41, 5.74) is 4.68. The maximum atomic E-state index is 6.28. The van der Waals surface area contributed by atoms with Gasteiger partial charge in [-0.3, -0.25) is 0 Å². The van der Waals surface area contributed by atoms with Gasteiger partial charge in [0.2, 0.25) is 0 Å². The molecule has 0 aliphatic carbocycles. The van der Waals surface area contributed by atoms with Crippen LogP contribution in [-0.4, -0.2) is 6.04 Å². The van der Waals surface area contributed by atoms with Crippen molar-refractivity contribution < 1.29 is 0 Å². The summed E-state index contributed by atoms with van der Waals surface area (Å²) >= 11 is 12.2. The first-order valence-electron chi connectivity index (χ1n) is 6.75. The van der Waals surface area contributed by atoms with E-state index in [1.54, 1.807) is 6.07 Å². The number of nitrogens with one attached hydrogen (secondary N) is 1. The molecule has 1 nitrogen and oxygen atoms in total. The van der Waals surface area contributed by atoms with Gasteiger partial charge < -0.3 is 5.32 Å². The first kappa shape index (κ1) is 15.4. The van der Waals surface area contributed by atoms with E-state index < -0.39 is 0 Å². The zero-order chi connectivity index (χ0) is 14.7. The lowest BCUT2D eigenvalue weighted by atomic mass is 9.98. The average molecular weight is 308 g/mol. The van der Waals surface area contributed by atoms with Gasteiger partial charge in [-0.05, 0) is 35.7 Å². The summed E-state index contributed by atoms with van der Waals surface area (Å²) in [6, 6.07) is 12.6. The molecule has 0 heterocycles. The molecule has 0 atom stereocenters. The van der Waals surface area contributed by atoms with E-state index in [9.17, 15) is 0 Å². The molecule has 2 aromatic carbocycles. The molecule has 0 bridgehead atoms. The van der Waals surface area contributed by atoms with Crippen molar-refractivity contribution in [3.63, 3.8) is 0 Å². The minimum atomic E-state index is 0.487. The number of rotatable bonds is 4. The fourth-order valence-corrected chi connectivity index (χ4v) is 2.68. The van der Waals surface area contributed by atoms with Crippen LogP contribution in [0.25, 0.3) is 11.1 Å². The van der Waals surface area contributed by atoms with E-state index >= 15 is 0 Å². The van der Waals surface area contributed by atoms with Crippen molar-refractivity contribution in [2.75, 3.05) is 0 Å². The lowest BCUT2D eigenvalue weighted by Crippen LogP contribution is -2.21. The lowest BCUT2D eigenvalue weighted by molar-refractivity contribution is 0.589. The smallest absolute Gasteiger partial charge is 0.0499 e. The summed E-state index contributed by atoms with van der Waals surface area (Å²) in [6.45, 7) is 7.29. The van der Waals surface area contributed by atoms with Gasteiger partial charge in [-0.15, -0.1) is 0 Å². The second kappa shape index (κ2) is 6.62. The molecule has 2 rings (SSSR count). The standard InChI is InChI=1S/C17H19Cl2N/c1-11(2)20-10-13-4-6-15(12(3)8-13)16-7-5-14(18)9-17(16)19/h4-9,11,20H,10H2,1-3H3. The van der Waals surface area contributed by atoms with Crippen molar-refractivity contribution in [2.24, 2.45) is 0 Å². The molecule has 3 heteroatoms. The van der Waals surface area contributed by atoms with Crippen molar-refractivity contribution >= 4 is 23.2 Å². The number of hydrogen-bond acceptors (Lipinski definition) is 1. The van der Waals surface area contributed by atoms with Gasteiger partial charge in [-0.2, -0.15) is 0 Å². The number of hydrogen-bond donors (Lipinski definition) is 1. The largest absolute Gasteiger partial charge is 0.310 e. The molecule has 0 aliphatic rings. The fraction of sp³-hybridized carbons (Fsp3) is 0.294. The number of aryl methyl sites for hydroxylation is 1. The average Bonchev–Trinajstić information content (AvgIpc) is 2.37. The Morgan fingerprint density at radius 3 is 2.30 bits per heavy atom. The first-order valence-corrected chi connectivity index (χ1v) is 7.51. The predicted molar refractivity (Wildman–Crippen MR) is 88.6 cm³/mol. The molecule has 0 aromatic heterocycles. The van der Waals surface area contributed by atoms with Gasteiger partial charge in [-0.1, -0.05) is 61.3 Å². The van der Waals surface area contributed by atoms with E-state index in [4.69, 9.17) is 23.2 Å². The molecule has 0 unspecified atom stereocenters. The maximum absolute atomic E-state index is 6.28. The van der Waals surface area contributed by atoms with Crippen molar-refractivity contribution in [1.82, 2.24) is 5.32 Å². The van der Waals surface area contributed by atoms with Crippen molar-refractivity contribution in [3.8, 4) is 11.1 Å². The fourth-order valence-electron chi connectivity index (χ4n) is 2.17. The van der Waals surface area contributed by atoms with Crippen LogP contribution in [0.1, 0.15) is 25.0 Å². The maximum Gasteiger partial charge on any atom is 0.0499 e. The Bertz CT molecular complexity index is 606. The van der Waals surface area contributed by atoms with Crippen molar-refractivity contribution in [2.45, 2.75) is 33.4 Å². The number of halogens is 2. The predicted octanol–water partition coefficient (Wildman–Crippen LogP) is 5.47. The highest BCUT2D eigenvalue weighted by Gasteiger charge is 2.08. The highest BCUT2D eigenvalue weighted by atomic mass is 35.5. The van der Waals surface area contributed by atoms with Crippen LogP contribution in [0.3, 0.4) is 0 Å². The number of benzene rings is 2. The Hall–Kier alpha value is -1.02. The van der Waals surface area contributed by atoms with E-state index in [0.717, 1.165) is 17.7 Å². The molecular weight excluding hydrogens is 289 g/mol. The second-order valence-electron chi connectivity index (χ2n) is 5.31. The van der Waals surface area contributed by atoms with Gasteiger partial charge in [0.05, 0.1) is 0 Å². The molecule has 0 amide bonds. The van der Waals surface area contributed by atoms with Crippen LogP contribution in [-0.2, 0) is 6.54 Å². The van der Waals surface area contributed by atoms with Crippen LogP contribution in [0.5, 0.6) is 0 Å². The van der Waals surface area contributed by atoms with Gasteiger partial charge in [0.1, 0.15) is 0 Å². The summed E-state index contributed by atoms with van der Waals surface area (Å²) in [7, 11) is 0. The Balaban J connectivity index is 2.29. The molecule has 0 radical (unpaired) electrons. The molecule has 1 N–H and O–H groups in total. The third-order valence-electron chi connectivity index (χ3n) is 3.23. The summed E-state index contributed by atoms with van der Waals surface area (Å²) in [6.07, 6.45) is 0.